The molecule has 3 heterocycles. The molecule has 5 rings (SSSR count). The number of nitrogens with two attached hydrogens (primary N) is 1. The number of nitrogens with zero attached hydrogens (tertiary/aromatic N) is 4. The minimum atomic E-state index is -4.71. The molecule has 5 atom stereocenters. The number of ether oxygens (including phenoxy) is 2. The fourth-order valence-corrected chi connectivity index (χ4v) is 8.78. The number of hydrogen-bond acceptors (Lipinski definition) is 11. The van der Waals surface area contributed by atoms with Crippen LogP contribution in [0, 0.1) is 36.0 Å². The number of aliphatic hydroxyl groups excluding tert-OH is 1. The first kappa shape index (κ1) is 46.5. The fraction of sp³-hybridized carbons (Fsp3) is 0.535. The Labute approximate surface area is 349 Å². The molecule has 0 amide bonds. The number of aliphatic hydroxyl groups is 1. The maximum Gasteiger partial charge on any atom is 0.459 e. The Hall–Kier alpha value is -4.52. The molecule has 0 radical (unpaired) electrons. The zero-order chi connectivity index (χ0) is 43.1. The number of esters is 1. The average Bonchev–Trinajstić information content (AvgIpc) is 3.79. The van der Waals surface area contributed by atoms with Gasteiger partial charge < -0.3 is 24.8 Å². The Morgan fingerprint density at radius 1 is 1.03 bits per heavy atom. The molecule has 1 aliphatic heterocycles. The highest BCUT2D eigenvalue weighted by Gasteiger charge is 2.50. The molecule has 0 aliphatic carbocycles. The molecule has 0 unspecified atom stereocenters. The summed E-state index contributed by atoms with van der Waals surface area (Å²) in [5.74, 6) is -0.240. The first-order valence-electron chi connectivity index (χ1n) is 20.7. The van der Waals surface area contributed by atoms with E-state index in [2.05, 4.69) is 39.8 Å². The lowest BCUT2D eigenvalue weighted by atomic mass is 9.95. The van der Waals surface area contributed by atoms with Gasteiger partial charge in [0.2, 0.25) is 0 Å². The second-order valence-corrected chi connectivity index (χ2v) is 17.0. The molecule has 13 nitrogen and oxygen atoms in total. The zero-order valence-electron chi connectivity index (χ0n) is 34.2. The zero-order valence-corrected chi connectivity index (χ0v) is 35.1. The van der Waals surface area contributed by atoms with Crippen molar-refractivity contribution in [1.82, 2.24) is 24.6 Å². The maximum atomic E-state index is 14.9. The van der Waals surface area contributed by atoms with Gasteiger partial charge in [0.15, 0.2) is 22.6 Å². The summed E-state index contributed by atoms with van der Waals surface area (Å²) in [5.41, 5.74) is 4.02. The van der Waals surface area contributed by atoms with Crippen LogP contribution in [0.4, 0.5) is 19.0 Å². The third-order valence-electron chi connectivity index (χ3n) is 10.6. The molecule has 1 fully saturated rings. The van der Waals surface area contributed by atoms with Gasteiger partial charge in [0.05, 0.1) is 12.9 Å². The van der Waals surface area contributed by atoms with Crippen molar-refractivity contribution in [2.75, 3.05) is 18.9 Å². The van der Waals surface area contributed by atoms with Gasteiger partial charge in [0, 0.05) is 12.5 Å². The van der Waals surface area contributed by atoms with Crippen LogP contribution in [0.25, 0.3) is 11.2 Å². The van der Waals surface area contributed by atoms with Gasteiger partial charge in [-0.2, -0.15) is 19.4 Å². The van der Waals surface area contributed by atoms with Gasteiger partial charge in [-0.15, -0.1) is 6.42 Å². The number of fused-ring (bicyclic) bond motifs is 1. The molecule has 0 bridgehead atoms. The van der Waals surface area contributed by atoms with E-state index in [9.17, 15) is 27.6 Å². The second kappa shape index (κ2) is 22.4. The standard InChI is InChI=1S/C43H56F3N6O7P/c1-4-7-9-11-14-18-30(19-15-12-10-8-5-2)27-56-41(54)35(24-31-22-32(44)25-33(45)23-31)51-60(55,59-34-20-16-13-17-21-34)57-28-43(6-3)36(53)26-37(58-43)52-29-48-38-39(47)49-42(46)50-40(38)52/h3,13,16-17,20-23,25,29-30,35-37,53H,4-5,7-12,14-15,18-19,24,26-28H2,1-2H3,(H,51,55)(H2,47,49,50)/t35-,36-,37+,43+,60-/m0/s1. The van der Waals surface area contributed by atoms with Gasteiger partial charge in [-0.05, 0) is 55.0 Å². The lowest BCUT2D eigenvalue weighted by Gasteiger charge is -2.30. The number of terminal acetylenes is 1. The van der Waals surface area contributed by atoms with Gasteiger partial charge in [-0.3, -0.25) is 13.9 Å². The van der Waals surface area contributed by atoms with Crippen LogP contribution in [0.3, 0.4) is 0 Å². The van der Waals surface area contributed by atoms with E-state index in [4.69, 9.17) is 30.7 Å². The highest BCUT2D eigenvalue weighted by atomic mass is 31.2. The third kappa shape index (κ3) is 13.0. The number of carbonyl (C=O) groups excluding carboxylic acids is 1. The highest BCUT2D eigenvalue weighted by molar-refractivity contribution is 7.52. The molecule has 2 aromatic carbocycles. The molecule has 4 aromatic rings. The molecule has 0 spiro atoms. The lowest BCUT2D eigenvalue weighted by Crippen LogP contribution is -2.44. The van der Waals surface area contributed by atoms with Crippen LogP contribution in [0.5, 0.6) is 5.75 Å². The van der Waals surface area contributed by atoms with Crippen molar-refractivity contribution >= 4 is 30.7 Å². The Morgan fingerprint density at radius 2 is 1.68 bits per heavy atom. The molecule has 326 valence electrons. The molecule has 0 saturated carbocycles. The summed E-state index contributed by atoms with van der Waals surface area (Å²) in [4.78, 5) is 25.5. The number of benzene rings is 2. The van der Waals surface area contributed by atoms with Crippen LogP contribution < -0.4 is 15.3 Å². The number of imidazole rings is 1. The van der Waals surface area contributed by atoms with Crippen molar-refractivity contribution in [1.29, 1.82) is 0 Å². The van der Waals surface area contributed by atoms with E-state index < -0.39 is 62.0 Å². The monoisotopic (exact) mass is 856 g/mol. The largest absolute Gasteiger partial charge is 0.464 e. The van der Waals surface area contributed by atoms with E-state index in [0.29, 0.717) is 6.07 Å². The minimum absolute atomic E-state index is 0.0175. The van der Waals surface area contributed by atoms with E-state index in [-0.39, 0.29) is 53.7 Å². The van der Waals surface area contributed by atoms with E-state index in [1.165, 1.54) is 23.0 Å². The molecule has 17 heteroatoms. The summed E-state index contributed by atoms with van der Waals surface area (Å²) in [7, 11) is -4.71. The number of rotatable bonds is 25. The number of nitrogens with one attached hydrogen (secondary N) is 1. The van der Waals surface area contributed by atoms with Crippen LogP contribution >= 0.6 is 7.75 Å². The van der Waals surface area contributed by atoms with Gasteiger partial charge in [-0.25, -0.2) is 18.3 Å². The molecule has 1 saturated heterocycles. The van der Waals surface area contributed by atoms with Gasteiger partial charge in [0.1, 0.15) is 42.4 Å². The first-order chi connectivity index (χ1) is 28.9. The number of nitrogen functional groups attached to an aromatic ring is 1. The van der Waals surface area contributed by atoms with E-state index in [1.807, 2.05) is 0 Å². The molecular formula is C43H56F3N6O7P. The van der Waals surface area contributed by atoms with E-state index >= 15 is 0 Å². The molecule has 4 N–H and O–H groups in total. The lowest BCUT2D eigenvalue weighted by molar-refractivity contribution is -0.147. The number of halogens is 3. The number of unbranched alkanes of at least 4 members (excludes halogenated alkanes) is 8. The fourth-order valence-electron chi connectivity index (χ4n) is 7.26. The van der Waals surface area contributed by atoms with Crippen molar-refractivity contribution in [3.8, 4) is 18.1 Å². The summed E-state index contributed by atoms with van der Waals surface area (Å²) in [6.07, 6.45) is 15.7. The topological polar surface area (TPSA) is 173 Å². The predicted molar refractivity (Wildman–Crippen MR) is 221 cm³/mol. The molecule has 60 heavy (non-hydrogen) atoms. The van der Waals surface area contributed by atoms with Crippen molar-refractivity contribution in [2.24, 2.45) is 5.92 Å². The van der Waals surface area contributed by atoms with Crippen molar-refractivity contribution in [3.05, 3.63) is 78.1 Å². The van der Waals surface area contributed by atoms with Crippen LogP contribution in [0.15, 0.2) is 54.9 Å². The van der Waals surface area contributed by atoms with Gasteiger partial charge in [-0.1, -0.05) is 102 Å². The number of para-hydroxylation sites is 1. The van der Waals surface area contributed by atoms with Crippen LogP contribution in [0.2, 0.25) is 0 Å². The van der Waals surface area contributed by atoms with E-state index in [1.54, 1.807) is 18.2 Å². The van der Waals surface area contributed by atoms with Gasteiger partial charge >= 0.3 is 19.8 Å². The highest BCUT2D eigenvalue weighted by Crippen LogP contribution is 2.48. The Bertz CT molecular complexity index is 2050. The average molecular weight is 857 g/mol. The summed E-state index contributed by atoms with van der Waals surface area (Å²) in [5, 5.41) is 14.0. The smallest absolute Gasteiger partial charge is 0.459 e. The molecule has 1 aliphatic rings. The molecule has 2 aromatic heterocycles. The Morgan fingerprint density at radius 3 is 2.32 bits per heavy atom. The summed E-state index contributed by atoms with van der Waals surface area (Å²) in [6.45, 7) is 3.66. The van der Waals surface area contributed by atoms with Crippen molar-refractivity contribution < 1.29 is 46.2 Å². The van der Waals surface area contributed by atoms with Crippen LogP contribution in [-0.2, 0) is 29.8 Å². The number of hydrogen-bond donors (Lipinski definition) is 3. The Balaban J connectivity index is 1.39. The SMILES string of the molecule is C#C[C@]1(CO[P@@](=O)(N[C@@H](Cc2cc(F)cc(F)c2)C(=O)OCC(CCCCCCC)CCCCCCC)Oc2ccccc2)O[C@@H](n2cnc3c(N)nc(F)nc32)C[C@@H]1O. The minimum Gasteiger partial charge on any atom is -0.464 e. The molecular weight excluding hydrogens is 800 g/mol. The summed E-state index contributed by atoms with van der Waals surface area (Å²) >= 11 is 0. The normalized spacial score (nSPS) is 19.3. The number of carbonyl (C=O) groups is 1. The number of aromatic nitrogens is 4. The van der Waals surface area contributed by atoms with Crippen LogP contribution in [0.1, 0.15) is 109 Å². The second-order valence-electron chi connectivity index (χ2n) is 15.3. The van der Waals surface area contributed by atoms with Gasteiger partial charge in [0.25, 0.3) is 0 Å². The van der Waals surface area contributed by atoms with Crippen molar-refractivity contribution in [3.63, 3.8) is 0 Å². The number of anilines is 1. The first-order valence-corrected chi connectivity index (χ1v) is 22.3. The summed E-state index contributed by atoms with van der Waals surface area (Å²) in [6, 6.07) is 9.27. The predicted octanol–water partition coefficient (Wildman–Crippen LogP) is 8.76. The summed E-state index contributed by atoms with van der Waals surface area (Å²) < 4.78 is 83.2. The third-order valence-corrected chi connectivity index (χ3v) is 12.1. The van der Waals surface area contributed by atoms with Crippen LogP contribution in [-0.4, -0.2) is 61.6 Å². The Kier molecular flexibility index (Phi) is 17.3. The van der Waals surface area contributed by atoms with E-state index in [0.717, 1.165) is 89.2 Å². The maximum absolute atomic E-state index is 14.9. The van der Waals surface area contributed by atoms with Crippen molar-refractivity contribution in [2.45, 2.75) is 128 Å². The quantitative estimate of drug-likeness (QED) is 0.0191.